The first-order valence-corrected chi connectivity index (χ1v) is 7.92. The quantitative estimate of drug-likeness (QED) is 0.851. The molecule has 3 heteroatoms. The highest BCUT2D eigenvalue weighted by Gasteiger charge is 2.67. The van der Waals surface area contributed by atoms with Crippen LogP contribution in [0.25, 0.3) is 0 Å². The van der Waals surface area contributed by atoms with Gasteiger partial charge in [-0.25, -0.2) is 0 Å². The van der Waals surface area contributed by atoms with E-state index in [1.807, 2.05) is 0 Å². The van der Waals surface area contributed by atoms with Crippen LogP contribution in [0.3, 0.4) is 0 Å². The maximum absolute atomic E-state index is 11.1. The molecule has 0 aromatic rings. The first kappa shape index (κ1) is 13.8. The molecule has 2 bridgehead atoms. The SMILES string of the molecule is CC1(C)[C@@H]2CC[C@@](CCN3CCOCC3)(C2)[C@@]1(C)O. The zero-order chi connectivity index (χ0) is 13.7. The van der Waals surface area contributed by atoms with Crippen LogP contribution in [0.1, 0.15) is 46.5 Å². The minimum Gasteiger partial charge on any atom is -0.389 e. The number of fused-ring (bicyclic) bond motifs is 2. The van der Waals surface area contributed by atoms with E-state index in [0.717, 1.165) is 39.3 Å². The summed E-state index contributed by atoms with van der Waals surface area (Å²) in [5, 5.41) is 11.1. The highest BCUT2D eigenvalue weighted by atomic mass is 16.5. The van der Waals surface area contributed by atoms with E-state index in [1.165, 1.54) is 19.3 Å². The second kappa shape index (κ2) is 4.44. The van der Waals surface area contributed by atoms with Gasteiger partial charge in [0.25, 0.3) is 0 Å². The fraction of sp³-hybridized carbons (Fsp3) is 1.00. The van der Waals surface area contributed by atoms with Crippen molar-refractivity contribution in [1.82, 2.24) is 4.90 Å². The van der Waals surface area contributed by atoms with Gasteiger partial charge in [-0.1, -0.05) is 13.8 Å². The summed E-state index contributed by atoms with van der Waals surface area (Å²) in [6, 6.07) is 0. The Morgan fingerprint density at radius 3 is 2.47 bits per heavy atom. The number of morpholine rings is 1. The van der Waals surface area contributed by atoms with Gasteiger partial charge in [0.2, 0.25) is 0 Å². The molecule has 3 aliphatic rings. The molecule has 1 heterocycles. The maximum Gasteiger partial charge on any atom is 0.0729 e. The van der Waals surface area contributed by atoms with Crippen LogP contribution in [0.15, 0.2) is 0 Å². The lowest BCUT2D eigenvalue weighted by Crippen LogP contribution is -2.53. The Morgan fingerprint density at radius 2 is 1.89 bits per heavy atom. The van der Waals surface area contributed by atoms with Crippen molar-refractivity contribution in [3.63, 3.8) is 0 Å². The molecule has 1 N–H and O–H groups in total. The number of hydrogen-bond acceptors (Lipinski definition) is 3. The van der Waals surface area contributed by atoms with E-state index in [1.54, 1.807) is 0 Å². The molecule has 2 aliphatic carbocycles. The van der Waals surface area contributed by atoms with Gasteiger partial charge in [-0.05, 0) is 50.5 Å². The number of aliphatic hydroxyl groups is 1. The average Bonchev–Trinajstić information content (AvgIpc) is 2.88. The molecule has 0 radical (unpaired) electrons. The lowest BCUT2D eigenvalue weighted by molar-refractivity contribution is -0.139. The van der Waals surface area contributed by atoms with Crippen molar-refractivity contribution in [2.24, 2.45) is 16.7 Å². The van der Waals surface area contributed by atoms with Crippen molar-refractivity contribution in [3.05, 3.63) is 0 Å². The third kappa shape index (κ3) is 1.89. The number of nitrogens with zero attached hydrogens (tertiary/aromatic N) is 1. The normalized spacial score (nSPS) is 45.8. The summed E-state index contributed by atoms with van der Waals surface area (Å²) in [5.74, 6) is 0.715. The molecule has 3 nitrogen and oxygen atoms in total. The topological polar surface area (TPSA) is 32.7 Å². The molecular formula is C16H29NO2. The predicted octanol–water partition coefficient (Wildman–Crippen LogP) is 2.29. The molecule has 0 aromatic heterocycles. The predicted molar refractivity (Wildman–Crippen MR) is 76.1 cm³/mol. The van der Waals surface area contributed by atoms with Crippen LogP contribution in [-0.4, -0.2) is 48.5 Å². The third-order valence-corrected chi connectivity index (χ3v) is 6.93. The molecule has 3 atom stereocenters. The van der Waals surface area contributed by atoms with Gasteiger partial charge in [-0.15, -0.1) is 0 Å². The molecule has 0 aromatic carbocycles. The van der Waals surface area contributed by atoms with Crippen LogP contribution < -0.4 is 0 Å². The summed E-state index contributed by atoms with van der Waals surface area (Å²) in [7, 11) is 0. The van der Waals surface area contributed by atoms with Crippen molar-refractivity contribution in [2.45, 2.75) is 52.1 Å². The Bertz CT molecular complexity index is 347. The van der Waals surface area contributed by atoms with E-state index in [4.69, 9.17) is 4.74 Å². The minimum absolute atomic E-state index is 0.0796. The van der Waals surface area contributed by atoms with Crippen molar-refractivity contribution in [2.75, 3.05) is 32.8 Å². The number of hydrogen-bond donors (Lipinski definition) is 1. The molecule has 0 unspecified atom stereocenters. The lowest BCUT2D eigenvalue weighted by Gasteiger charge is -2.50. The summed E-state index contributed by atoms with van der Waals surface area (Å²) in [6.45, 7) is 11.6. The lowest BCUT2D eigenvalue weighted by atomic mass is 9.59. The van der Waals surface area contributed by atoms with Crippen LogP contribution in [0.2, 0.25) is 0 Å². The first-order valence-electron chi connectivity index (χ1n) is 7.92. The number of rotatable bonds is 3. The molecule has 2 saturated carbocycles. The minimum atomic E-state index is -0.505. The van der Waals surface area contributed by atoms with Gasteiger partial charge in [0, 0.05) is 18.5 Å². The summed E-state index contributed by atoms with van der Waals surface area (Å²) < 4.78 is 5.41. The summed E-state index contributed by atoms with van der Waals surface area (Å²) in [5.41, 5.74) is -0.259. The molecule has 1 aliphatic heterocycles. The monoisotopic (exact) mass is 267 g/mol. The zero-order valence-corrected chi connectivity index (χ0v) is 12.7. The van der Waals surface area contributed by atoms with Crippen LogP contribution in [-0.2, 0) is 4.74 Å². The maximum atomic E-state index is 11.1. The van der Waals surface area contributed by atoms with Crippen molar-refractivity contribution in [3.8, 4) is 0 Å². The van der Waals surface area contributed by atoms with E-state index in [-0.39, 0.29) is 10.8 Å². The molecule has 0 amide bonds. The van der Waals surface area contributed by atoms with Crippen LogP contribution >= 0.6 is 0 Å². The van der Waals surface area contributed by atoms with Crippen molar-refractivity contribution in [1.29, 1.82) is 0 Å². The van der Waals surface area contributed by atoms with Gasteiger partial charge >= 0.3 is 0 Å². The molecule has 3 rings (SSSR count). The molecule has 1 saturated heterocycles. The van der Waals surface area contributed by atoms with Gasteiger partial charge in [-0.3, -0.25) is 4.90 Å². The van der Waals surface area contributed by atoms with Crippen molar-refractivity contribution >= 4 is 0 Å². The van der Waals surface area contributed by atoms with Crippen LogP contribution in [0, 0.1) is 16.7 Å². The van der Waals surface area contributed by atoms with Crippen LogP contribution in [0.4, 0.5) is 0 Å². The van der Waals surface area contributed by atoms with Gasteiger partial charge in [0.05, 0.1) is 18.8 Å². The summed E-state index contributed by atoms with van der Waals surface area (Å²) in [6.07, 6.45) is 4.92. The molecule has 19 heavy (non-hydrogen) atoms. The summed E-state index contributed by atoms with van der Waals surface area (Å²) in [4.78, 5) is 2.51. The second-order valence-corrected chi connectivity index (χ2v) is 7.72. The van der Waals surface area contributed by atoms with E-state index < -0.39 is 5.60 Å². The number of ether oxygens (including phenoxy) is 1. The van der Waals surface area contributed by atoms with Gasteiger partial charge in [-0.2, -0.15) is 0 Å². The third-order valence-electron chi connectivity index (χ3n) is 6.93. The Hall–Kier alpha value is -0.120. The van der Waals surface area contributed by atoms with E-state index in [0.29, 0.717) is 5.92 Å². The highest BCUT2D eigenvalue weighted by molar-refractivity contribution is 5.17. The Kier molecular flexibility index (Phi) is 3.23. The molecule has 110 valence electrons. The van der Waals surface area contributed by atoms with E-state index in [9.17, 15) is 5.11 Å². The first-order chi connectivity index (χ1) is 8.89. The van der Waals surface area contributed by atoms with E-state index >= 15 is 0 Å². The summed E-state index contributed by atoms with van der Waals surface area (Å²) >= 11 is 0. The molecule has 3 fully saturated rings. The standard InChI is InChI=1S/C16H29NO2/c1-14(2)13-4-5-16(12-13,15(14,3)18)6-7-17-8-10-19-11-9-17/h13,18H,4-12H2,1-3H3/t13-,15+,16-/m1/s1. The molecule has 0 spiro atoms. The highest BCUT2D eigenvalue weighted by Crippen LogP contribution is 2.69. The average molecular weight is 267 g/mol. The Balaban J connectivity index is 1.69. The van der Waals surface area contributed by atoms with Gasteiger partial charge in [0.15, 0.2) is 0 Å². The molecular weight excluding hydrogens is 238 g/mol. The fourth-order valence-corrected chi connectivity index (χ4v) is 4.93. The van der Waals surface area contributed by atoms with Crippen molar-refractivity contribution < 1.29 is 9.84 Å². The van der Waals surface area contributed by atoms with Gasteiger partial charge < -0.3 is 9.84 Å². The van der Waals surface area contributed by atoms with Crippen LogP contribution in [0.5, 0.6) is 0 Å². The Labute approximate surface area is 117 Å². The fourth-order valence-electron chi connectivity index (χ4n) is 4.93. The van der Waals surface area contributed by atoms with Gasteiger partial charge in [0.1, 0.15) is 0 Å². The van der Waals surface area contributed by atoms with E-state index in [2.05, 4.69) is 25.7 Å². The zero-order valence-electron chi connectivity index (χ0n) is 12.7. The Morgan fingerprint density at radius 1 is 1.21 bits per heavy atom. The second-order valence-electron chi connectivity index (χ2n) is 7.72. The smallest absolute Gasteiger partial charge is 0.0729 e. The largest absolute Gasteiger partial charge is 0.389 e.